The SMILES string of the molecule is C/C(=C/C[S+]1CCCC1)c1ccccc1.[Cl-]. The second-order valence-corrected chi connectivity index (χ2v) is 6.52. The summed E-state index contributed by atoms with van der Waals surface area (Å²) in [5.74, 6) is 4.25. The summed E-state index contributed by atoms with van der Waals surface area (Å²) in [7, 11) is 0.702. The van der Waals surface area contributed by atoms with Gasteiger partial charge in [0, 0.05) is 0 Å². The Hall–Kier alpha value is -0.400. The number of hydrogen-bond acceptors (Lipinski definition) is 0. The van der Waals surface area contributed by atoms with Crippen LogP contribution in [0.2, 0.25) is 0 Å². The molecule has 2 heteroatoms. The minimum atomic E-state index is 0. The third-order valence-electron chi connectivity index (χ3n) is 2.97. The fourth-order valence-corrected chi connectivity index (χ4v) is 4.19. The van der Waals surface area contributed by atoms with Gasteiger partial charge in [-0.2, -0.15) is 0 Å². The minimum absolute atomic E-state index is 0. The van der Waals surface area contributed by atoms with Crippen LogP contribution in [-0.4, -0.2) is 17.3 Å². The van der Waals surface area contributed by atoms with Gasteiger partial charge in [-0.1, -0.05) is 30.3 Å². The van der Waals surface area contributed by atoms with E-state index in [-0.39, 0.29) is 12.4 Å². The molecule has 0 radical (unpaired) electrons. The van der Waals surface area contributed by atoms with Crippen molar-refractivity contribution in [3.63, 3.8) is 0 Å². The highest BCUT2D eigenvalue weighted by Gasteiger charge is 2.22. The molecule has 0 unspecified atom stereocenters. The van der Waals surface area contributed by atoms with Crippen LogP contribution in [0.3, 0.4) is 0 Å². The smallest absolute Gasteiger partial charge is 0.126 e. The molecular formula is C14H19ClS. The highest BCUT2D eigenvalue weighted by molar-refractivity contribution is 7.97. The first-order valence-corrected chi connectivity index (χ1v) is 7.46. The van der Waals surface area contributed by atoms with E-state index < -0.39 is 0 Å². The standard InChI is InChI=1S/C14H19S.ClH/c1-13(14-7-3-2-4-8-14)9-12-15-10-5-6-11-15;/h2-4,7-9H,5-6,10-12H2,1H3;1H/q+1;/p-1/b13-9-;. The lowest BCUT2D eigenvalue weighted by molar-refractivity contribution is -0.00000309. The molecule has 1 aromatic carbocycles. The van der Waals surface area contributed by atoms with E-state index in [1.54, 1.807) is 0 Å². The first-order valence-electron chi connectivity index (χ1n) is 5.72. The van der Waals surface area contributed by atoms with Crippen LogP contribution in [0.5, 0.6) is 0 Å². The molecule has 0 aromatic heterocycles. The van der Waals surface area contributed by atoms with E-state index in [2.05, 4.69) is 43.3 Å². The second kappa shape index (κ2) is 7.03. The molecule has 1 aromatic rings. The van der Waals surface area contributed by atoms with Gasteiger partial charge >= 0.3 is 0 Å². The Morgan fingerprint density at radius 1 is 1.19 bits per heavy atom. The van der Waals surface area contributed by atoms with Gasteiger partial charge in [0.15, 0.2) is 0 Å². The highest BCUT2D eigenvalue weighted by atomic mass is 35.5. The van der Waals surface area contributed by atoms with Crippen LogP contribution >= 0.6 is 0 Å². The molecule has 0 aliphatic carbocycles. The predicted molar refractivity (Wildman–Crippen MR) is 71.3 cm³/mol. The van der Waals surface area contributed by atoms with E-state index in [1.165, 1.54) is 41.2 Å². The zero-order valence-corrected chi connectivity index (χ0v) is 11.4. The van der Waals surface area contributed by atoms with Crippen molar-refractivity contribution in [2.45, 2.75) is 19.8 Å². The molecule has 16 heavy (non-hydrogen) atoms. The lowest BCUT2D eigenvalue weighted by atomic mass is 10.1. The minimum Gasteiger partial charge on any atom is -1.00 e. The van der Waals surface area contributed by atoms with Crippen molar-refractivity contribution in [2.24, 2.45) is 0 Å². The molecule has 0 N–H and O–H groups in total. The van der Waals surface area contributed by atoms with E-state index in [0.29, 0.717) is 10.9 Å². The Morgan fingerprint density at radius 2 is 1.81 bits per heavy atom. The second-order valence-electron chi connectivity index (χ2n) is 4.15. The summed E-state index contributed by atoms with van der Waals surface area (Å²) in [6, 6.07) is 10.7. The maximum absolute atomic E-state index is 2.43. The molecule has 0 amide bonds. The predicted octanol–water partition coefficient (Wildman–Crippen LogP) is 0.506. The quantitative estimate of drug-likeness (QED) is 0.690. The normalized spacial score (nSPS) is 17.2. The van der Waals surface area contributed by atoms with Gasteiger partial charge < -0.3 is 12.4 Å². The molecule has 88 valence electrons. The van der Waals surface area contributed by atoms with Crippen molar-refractivity contribution in [1.29, 1.82) is 0 Å². The fourth-order valence-electron chi connectivity index (χ4n) is 1.94. The first-order chi connectivity index (χ1) is 7.36. The number of hydrogen-bond donors (Lipinski definition) is 0. The molecule has 2 rings (SSSR count). The maximum atomic E-state index is 2.43. The van der Waals surface area contributed by atoms with Crippen LogP contribution in [0, 0.1) is 0 Å². The van der Waals surface area contributed by atoms with Crippen LogP contribution in [0.4, 0.5) is 0 Å². The molecule has 1 aliphatic rings. The maximum Gasteiger partial charge on any atom is 0.126 e. The van der Waals surface area contributed by atoms with Gasteiger partial charge in [0.1, 0.15) is 17.3 Å². The van der Waals surface area contributed by atoms with Crippen LogP contribution in [0.1, 0.15) is 25.3 Å². The summed E-state index contributed by atoms with van der Waals surface area (Å²) in [5, 5.41) is 0. The zero-order valence-electron chi connectivity index (χ0n) is 9.79. The molecular weight excluding hydrogens is 236 g/mol. The number of halogens is 1. The third kappa shape index (κ3) is 3.88. The monoisotopic (exact) mass is 254 g/mol. The summed E-state index contributed by atoms with van der Waals surface area (Å²) in [6.45, 7) is 2.23. The Morgan fingerprint density at radius 3 is 2.44 bits per heavy atom. The van der Waals surface area contributed by atoms with Crippen molar-refractivity contribution in [3.8, 4) is 0 Å². The van der Waals surface area contributed by atoms with E-state index >= 15 is 0 Å². The lowest BCUT2D eigenvalue weighted by Gasteiger charge is -2.01. The molecule has 0 saturated carbocycles. The Labute approximate surface area is 108 Å². The van der Waals surface area contributed by atoms with Crippen LogP contribution in [0.25, 0.3) is 5.57 Å². The Bertz CT molecular complexity index is 326. The summed E-state index contributed by atoms with van der Waals surface area (Å²) in [5.41, 5.74) is 2.82. The van der Waals surface area contributed by atoms with Crippen LogP contribution < -0.4 is 12.4 Å². The summed E-state index contributed by atoms with van der Waals surface area (Å²) < 4.78 is 0. The average Bonchev–Trinajstić information content (AvgIpc) is 2.80. The van der Waals surface area contributed by atoms with E-state index in [0.717, 1.165) is 0 Å². The molecule has 1 heterocycles. The Kier molecular flexibility index (Phi) is 6.00. The Balaban J connectivity index is 0.00000128. The van der Waals surface area contributed by atoms with Crippen molar-refractivity contribution in [2.75, 3.05) is 17.3 Å². The van der Waals surface area contributed by atoms with Gasteiger partial charge in [0.05, 0.1) is 0 Å². The average molecular weight is 255 g/mol. The highest BCUT2D eigenvalue weighted by Crippen LogP contribution is 2.17. The molecule has 0 bridgehead atoms. The molecule has 1 aliphatic heterocycles. The van der Waals surface area contributed by atoms with Gasteiger partial charge in [-0.3, -0.25) is 0 Å². The van der Waals surface area contributed by atoms with Gasteiger partial charge in [0.25, 0.3) is 0 Å². The van der Waals surface area contributed by atoms with Gasteiger partial charge in [-0.15, -0.1) is 0 Å². The molecule has 0 spiro atoms. The third-order valence-corrected chi connectivity index (χ3v) is 5.34. The molecule has 1 saturated heterocycles. The molecule has 0 atom stereocenters. The van der Waals surface area contributed by atoms with Crippen molar-refractivity contribution >= 4 is 16.5 Å². The molecule has 1 fully saturated rings. The van der Waals surface area contributed by atoms with E-state index in [4.69, 9.17) is 0 Å². The van der Waals surface area contributed by atoms with Crippen molar-refractivity contribution in [3.05, 3.63) is 42.0 Å². The van der Waals surface area contributed by atoms with Gasteiger partial charge in [-0.25, -0.2) is 0 Å². The lowest BCUT2D eigenvalue weighted by Crippen LogP contribution is -3.00. The number of allylic oxidation sites excluding steroid dienone is 1. The van der Waals surface area contributed by atoms with Crippen LogP contribution in [-0.2, 0) is 10.9 Å². The van der Waals surface area contributed by atoms with E-state index in [1.807, 2.05) is 0 Å². The molecule has 0 nitrogen and oxygen atoms in total. The van der Waals surface area contributed by atoms with Crippen molar-refractivity contribution < 1.29 is 12.4 Å². The number of benzene rings is 1. The topological polar surface area (TPSA) is 0 Å². The van der Waals surface area contributed by atoms with Crippen molar-refractivity contribution in [1.82, 2.24) is 0 Å². The number of rotatable bonds is 3. The first kappa shape index (κ1) is 13.7. The summed E-state index contributed by atoms with van der Waals surface area (Å²) in [6.07, 6.45) is 5.35. The largest absolute Gasteiger partial charge is 1.00 e. The van der Waals surface area contributed by atoms with Gasteiger partial charge in [-0.05, 0) is 47.9 Å². The van der Waals surface area contributed by atoms with E-state index in [9.17, 15) is 0 Å². The fraction of sp³-hybridized carbons (Fsp3) is 0.429. The van der Waals surface area contributed by atoms with Gasteiger partial charge in [0.2, 0.25) is 0 Å². The van der Waals surface area contributed by atoms with Crippen LogP contribution in [0.15, 0.2) is 36.4 Å². The zero-order chi connectivity index (χ0) is 10.5. The summed E-state index contributed by atoms with van der Waals surface area (Å²) in [4.78, 5) is 0. The summed E-state index contributed by atoms with van der Waals surface area (Å²) >= 11 is 0.